The van der Waals surface area contributed by atoms with Crippen molar-refractivity contribution < 1.29 is 9.53 Å². The fourth-order valence-electron chi connectivity index (χ4n) is 2.40. The van der Waals surface area contributed by atoms with Crippen molar-refractivity contribution in [2.45, 2.75) is 6.42 Å². The second kappa shape index (κ2) is 5.58. The summed E-state index contributed by atoms with van der Waals surface area (Å²) in [6, 6.07) is 13.4. The molecule has 3 nitrogen and oxygen atoms in total. The van der Waals surface area contributed by atoms with Crippen molar-refractivity contribution in [3.63, 3.8) is 0 Å². The number of carbonyl (C=O) groups is 1. The lowest BCUT2D eigenvalue weighted by atomic mass is 10.0. The van der Waals surface area contributed by atoms with E-state index in [0.29, 0.717) is 23.4 Å². The molecule has 0 aliphatic carbocycles. The van der Waals surface area contributed by atoms with Crippen LogP contribution in [-0.2, 0) is 6.42 Å². The third-order valence-electron chi connectivity index (χ3n) is 3.50. The molecule has 0 spiro atoms. The number of hydrogen-bond donors (Lipinski definition) is 1. The standard InChI is InChI=1S/C17H15NO2S/c1-20-15-7-4-6-13(17(15)18)14(19)9-11-10-21-16-8-3-2-5-12(11)16/h2-8,10H,9,18H2,1H3. The van der Waals surface area contributed by atoms with Crippen LogP contribution >= 0.6 is 11.3 Å². The van der Waals surface area contributed by atoms with Gasteiger partial charge in [-0.05, 0) is 34.5 Å². The van der Waals surface area contributed by atoms with Gasteiger partial charge in [0.25, 0.3) is 0 Å². The molecule has 3 aromatic rings. The molecule has 0 aliphatic heterocycles. The van der Waals surface area contributed by atoms with Gasteiger partial charge in [0, 0.05) is 16.7 Å². The van der Waals surface area contributed by atoms with Crippen molar-refractivity contribution in [1.82, 2.24) is 0 Å². The maximum atomic E-state index is 12.5. The van der Waals surface area contributed by atoms with E-state index in [1.165, 1.54) is 4.70 Å². The van der Waals surface area contributed by atoms with Crippen LogP contribution in [0.1, 0.15) is 15.9 Å². The number of methoxy groups -OCH3 is 1. The van der Waals surface area contributed by atoms with Gasteiger partial charge in [-0.3, -0.25) is 4.79 Å². The van der Waals surface area contributed by atoms with Crippen LogP contribution < -0.4 is 10.5 Å². The molecule has 0 fully saturated rings. The molecule has 0 saturated carbocycles. The Balaban J connectivity index is 1.93. The van der Waals surface area contributed by atoms with Crippen LogP contribution in [0, 0.1) is 0 Å². The molecule has 106 valence electrons. The molecule has 0 saturated heterocycles. The number of para-hydroxylation sites is 1. The first-order valence-electron chi connectivity index (χ1n) is 6.61. The first-order chi connectivity index (χ1) is 10.2. The lowest BCUT2D eigenvalue weighted by Gasteiger charge is -2.09. The van der Waals surface area contributed by atoms with Gasteiger partial charge in [0.2, 0.25) is 0 Å². The van der Waals surface area contributed by atoms with Gasteiger partial charge in [-0.15, -0.1) is 11.3 Å². The summed E-state index contributed by atoms with van der Waals surface area (Å²) < 4.78 is 6.36. The highest BCUT2D eigenvalue weighted by Crippen LogP contribution is 2.29. The first kappa shape index (κ1) is 13.6. The largest absolute Gasteiger partial charge is 0.495 e. The van der Waals surface area contributed by atoms with Gasteiger partial charge in [0.05, 0.1) is 12.8 Å². The summed E-state index contributed by atoms with van der Waals surface area (Å²) in [5, 5.41) is 3.18. The molecule has 2 N–H and O–H groups in total. The highest BCUT2D eigenvalue weighted by molar-refractivity contribution is 7.17. The third kappa shape index (κ3) is 2.50. The Labute approximate surface area is 127 Å². The minimum absolute atomic E-state index is 0.00922. The van der Waals surface area contributed by atoms with Gasteiger partial charge < -0.3 is 10.5 Å². The smallest absolute Gasteiger partial charge is 0.169 e. The highest BCUT2D eigenvalue weighted by Gasteiger charge is 2.15. The minimum Gasteiger partial charge on any atom is -0.495 e. The quantitative estimate of drug-likeness (QED) is 0.586. The minimum atomic E-state index is 0.00922. The topological polar surface area (TPSA) is 52.3 Å². The maximum Gasteiger partial charge on any atom is 0.169 e. The zero-order chi connectivity index (χ0) is 14.8. The molecule has 0 radical (unpaired) electrons. The number of fused-ring (bicyclic) bond motifs is 1. The van der Waals surface area contributed by atoms with E-state index in [4.69, 9.17) is 10.5 Å². The summed E-state index contributed by atoms with van der Waals surface area (Å²) in [4.78, 5) is 12.5. The molecule has 4 heteroatoms. The molecular weight excluding hydrogens is 282 g/mol. The third-order valence-corrected chi connectivity index (χ3v) is 4.51. The molecule has 3 rings (SSSR count). The van der Waals surface area contributed by atoms with Crippen LogP contribution in [0.4, 0.5) is 5.69 Å². The maximum absolute atomic E-state index is 12.5. The Morgan fingerprint density at radius 3 is 2.81 bits per heavy atom. The fourth-order valence-corrected chi connectivity index (χ4v) is 3.37. The van der Waals surface area contributed by atoms with Crippen LogP contribution in [0.15, 0.2) is 47.8 Å². The van der Waals surface area contributed by atoms with E-state index in [9.17, 15) is 4.79 Å². The second-order valence-electron chi connectivity index (χ2n) is 4.78. The number of carbonyl (C=O) groups excluding carboxylic acids is 1. The van der Waals surface area contributed by atoms with Crippen molar-refractivity contribution in [3.05, 3.63) is 59.0 Å². The van der Waals surface area contributed by atoms with Crippen LogP contribution in [-0.4, -0.2) is 12.9 Å². The number of anilines is 1. The Kier molecular flexibility index (Phi) is 3.62. The van der Waals surface area contributed by atoms with Crippen molar-refractivity contribution in [1.29, 1.82) is 0 Å². The molecule has 21 heavy (non-hydrogen) atoms. The fraction of sp³-hybridized carbons (Fsp3) is 0.118. The molecule has 0 bridgehead atoms. The van der Waals surface area contributed by atoms with Crippen LogP contribution in [0.3, 0.4) is 0 Å². The predicted molar refractivity (Wildman–Crippen MR) is 87.3 cm³/mol. The van der Waals surface area contributed by atoms with E-state index in [1.54, 1.807) is 36.6 Å². The predicted octanol–water partition coefficient (Wildman–Crippen LogP) is 3.92. The number of hydrogen-bond acceptors (Lipinski definition) is 4. The Hall–Kier alpha value is -2.33. The monoisotopic (exact) mass is 297 g/mol. The van der Waals surface area contributed by atoms with Crippen molar-refractivity contribution in [3.8, 4) is 5.75 Å². The number of ether oxygens (including phenoxy) is 1. The number of rotatable bonds is 4. The van der Waals surface area contributed by atoms with Gasteiger partial charge in [-0.25, -0.2) is 0 Å². The molecule has 0 atom stereocenters. The van der Waals surface area contributed by atoms with E-state index in [1.807, 2.05) is 23.6 Å². The van der Waals surface area contributed by atoms with Gasteiger partial charge in [0.15, 0.2) is 5.78 Å². The summed E-state index contributed by atoms with van der Waals surface area (Å²) in [5.74, 6) is 0.547. The molecule has 0 unspecified atom stereocenters. The van der Waals surface area contributed by atoms with E-state index >= 15 is 0 Å². The zero-order valence-corrected chi connectivity index (χ0v) is 12.4. The number of thiophene rings is 1. The lowest BCUT2D eigenvalue weighted by Crippen LogP contribution is -2.07. The van der Waals surface area contributed by atoms with E-state index < -0.39 is 0 Å². The van der Waals surface area contributed by atoms with Crippen molar-refractivity contribution in [2.24, 2.45) is 0 Å². The summed E-state index contributed by atoms with van der Waals surface area (Å²) in [6.07, 6.45) is 0.349. The number of nitrogens with two attached hydrogens (primary N) is 1. The van der Waals surface area contributed by atoms with Gasteiger partial charge in [0.1, 0.15) is 5.75 Å². The normalized spacial score (nSPS) is 10.7. The second-order valence-corrected chi connectivity index (χ2v) is 5.69. The van der Waals surface area contributed by atoms with Crippen LogP contribution in [0.5, 0.6) is 5.75 Å². The Bertz CT molecular complexity index is 807. The van der Waals surface area contributed by atoms with E-state index in [0.717, 1.165) is 10.9 Å². The van der Waals surface area contributed by atoms with Crippen LogP contribution in [0.25, 0.3) is 10.1 Å². The molecule has 1 heterocycles. The SMILES string of the molecule is COc1cccc(C(=O)Cc2csc3ccccc23)c1N. The number of ketones is 1. The van der Waals surface area contributed by atoms with E-state index in [-0.39, 0.29) is 5.78 Å². The molecule has 1 aromatic heterocycles. The average Bonchev–Trinajstić information content (AvgIpc) is 2.91. The number of nitrogen functional groups attached to an aromatic ring is 1. The van der Waals surface area contributed by atoms with Crippen LogP contribution in [0.2, 0.25) is 0 Å². The summed E-state index contributed by atoms with van der Waals surface area (Å²) in [6.45, 7) is 0. The van der Waals surface area contributed by atoms with E-state index in [2.05, 4.69) is 6.07 Å². The Morgan fingerprint density at radius 2 is 2.00 bits per heavy atom. The lowest BCUT2D eigenvalue weighted by molar-refractivity contribution is 0.0994. The average molecular weight is 297 g/mol. The summed E-state index contributed by atoms with van der Waals surface area (Å²) in [7, 11) is 1.55. The van der Waals surface area contributed by atoms with Gasteiger partial charge in [-0.2, -0.15) is 0 Å². The number of Topliss-reactive ketones (excluding diaryl/α,β-unsaturated/α-hetero) is 1. The highest BCUT2D eigenvalue weighted by atomic mass is 32.1. The number of benzene rings is 2. The van der Waals surface area contributed by atoms with Gasteiger partial charge in [-0.1, -0.05) is 24.3 Å². The molecule has 0 aliphatic rings. The zero-order valence-electron chi connectivity index (χ0n) is 11.6. The molecular formula is C17H15NO2S. The summed E-state index contributed by atoms with van der Waals surface area (Å²) in [5.41, 5.74) is 7.96. The van der Waals surface area contributed by atoms with Crippen molar-refractivity contribution in [2.75, 3.05) is 12.8 Å². The first-order valence-corrected chi connectivity index (χ1v) is 7.49. The van der Waals surface area contributed by atoms with Gasteiger partial charge >= 0.3 is 0 Å². The summed E-state index contributed by atoms with van der Waals surface area (Å²) >= 11 is 1.65. The Morgan fingerprint density at radius 1 is 1.19 bits per heavy atom. The van der Waals surface area contributed by atoms with Crippen molar-refractivity contribution >= 4 is 32.9 Å². The molecule has 2 aromatic carbocycles. The molecule has 0 amide bonds.